The van der Waals surface area contributed by atoms with Crippen molar-refractivity contribution in [1.82, 2.24) is 9.78 Å². The van der Waals surface area contributed by atoms with Gasteiger partial charge in [0.15, 0.2) is 0 Å². The lowest BCUT2D eigenvalue weighted by Crippen LogP contribution is -2.22. The van der Waals surface area contributed by atoms with Gasteiger partial charge in [0.1, 0.15) is 10.7 Å². The molecule has 0 amide bonds. The molecule has 0 saturated carbocycles. The summed E-state index contributed by atoms with van der Waals surface area (Å²) in [5.41, 5.74) is 3.83. The van der Waals surface area contributed by atoms with Gasteiger partial charge in [-0.1, -0.05) is 59.1 Å². The fraction of sp³-hybridized carbons (Fsp3) is 0. The summed E-state index contributed by atoms with van der Waals surface area (Å²) in [7, 11) is 0. The van der Waals surface area contributed by atoms with Gasteiger partial charge < -0.3 is 0 Å². The lowest BCUT2D eigenvalue weighted by Gasteiger charge is -2.07. The Balaban J connectivity index is 1.83. The summed E-state index contributed by atoms with van der Waals surface area (Å²) in [6, 6.07) is 14.0. The second-order valence-corrected chi connectivity index (χ2v) is 6.18. The number of halogens is 3. The standard InChI is InChI=1S/C17H11Cl3N4O/c18-12-7-6-11(14(19)8-12)9-21-23-15-10-22-24(17(25)16(15)20)13-4-2-1-3-5-13/h1-10,23H/b21-9+. The number of hydrogen-bond acceptors (Lipinski definition) is 4. The van der Waals surface area contributed by atoms with Crippen LogP contribution in [0.25, 0.3) is 5.69 Å². The maximum absolute atomic E-state index is 12.4. The zero-order chi connectivity index (χ0) is 17.8. The molecule has 0 fully saturated rings. The summed E-state index contributed by atoms with van der Waals surface area (Å²) in [5, 5.41) is 9.11. The number of rotatable bonds is 4. The van der Waals surface area contributed by atoms with Crippen molar-refractivity contribution in [2.75, 3.05) is 5.43 Å². The number of aromatic nitrogens is 2. The monoisotopic (exact) mass is 392 g/mol. The van der Waals surface area contributed by atoms with Crippen LogP contribution in [0.1, 0.15) is 5.56 Å². The molecule has 0 unspecified atom stereocenters. The number of anilines is 1. The third-order valence-corrected chi connectivity index (χ3v) is 4.20. The fourth-order valence-corrected chi connectivity index (χ4v) is 2.67. The maximum Gasteiger partial charge on any atom is 0.292 e. The van der Waals surface area contributed by atoms with Crippen molar-refractivity contribution >= 4 is 46.7 Å². The number of hydrazone groups is 1. The molecule has 1 N–H and O–H groups in total. The van der Waals surface area contributed by atoms with Crippen LogP contribution in [0.15, 0.2) is 64.6 Å². The Morgan fingerprint density at radius 3 is 2.56 bits per heavy atom. The fourth-order valence-electron chi connectivity index (χ4n) is 2.04. The van der Waals surface area contributed by atoms with Crippen LogP contribution in [0.3, 0.4) is 0 Å². The molecule has 8 heteroatoms. The lowest BCUT2D eigenvalue weighted by molar-refractivity contribution is 0.808. The Morgan fingerprint density at radius 2 is 1.84 bits per heavy atom. The predicted octanol–water partition coefficient (Wildman–Crippen LogP) is 4.64. The van der Waals surface area contributed by atoms with E-state index in [1.165, 1.54) is 17.1 Å². The molecule has 1 aromatic heterocycles. The Hall–Kier alpha value is -2.34. The minimum atomic E-state index is -0.447. The van der Waals surface area contributed by atoms with Crippen LogP contribution in [-0.2, 0) is 0 Å². The van der Waals surface area contributed by atoms with Crippen LogP contribution in [0, 0.1) is 0 Å². The van der Waals surface area contributed by atoms with Crippen LogP contribution in [0.2, 0.25) is 15.1 Å². The van der Waals surface area contributed by atoms with E-state index in [4.69, 9.17) is 34.8 Å². The van der Waals surface area contributed by atoms with Gasteiger partial charge in [-0.3, -0.25) is 10.2 Å². The first-order chi connectivity index (χ1) is 12.1. The molecule has 0 bridgehead atoms. The van der Waals surface area contributed by atoms with Gasteiger partial charge in [0, 0.05) is 10.6 Å². The molecule has 0 radical (unpaired) electrons. The van der Waals surface area contributed by atoms with E-state index in [1.54, 1.807) is 30.3 Å². The largest absolute Gasteiger partial charge is 0.292 e. The van der Waals surface area contributed by atoms with Gasteiger partial charge in [0.25, 0.3) is 5.56 Å². The van der Waals surface area contributed by atoms with Gasteiger partial charge in [-0.05, 0) is 24.3 Å². The number of para-hydroxylation sites is 1. The molecule has 1 heterocycles. The van der Waals surface area contributed by atoms with E-state index >= 15 is 0 Å². The zero-order valence-corrected chi connectivity index (χ0v) is 14.9. The van der Waals surface area contributed by atoms with Gasteiger partial charge in [-0.15, -0.1) is 0 Å². The predicted molar refractivity (Wildman–Crippen MR) is 103 cm³/mol. The smallest absolute Gasteiger partial charge is 0.275 e. The molecule has 0 saturated heterocycles. The number of nitrogens with zero attached hydrogens (tertiary/aromatic N) is 3. The first-order valence-electron chi connectivity index (χ1n) is 7.13. The molecule has 0 aliphatic heterocycles. The maximum atomic E-state index is 12.4. The number of benzene rings is 2. The highest BCUT2D eigenvalue weighted by atomic mass is 35.5. The lowest BCUT2D eigenvalue weighted by atomic mass is 10.2. The Bertz CT molecular complexity index is 987. The molecule has 3 aromatic rings. The van der Waals surface area contributed by atoms with E-state index in [2.05, 4.69) is 15.6 Å². The van der Waals surface area contributed by atoms with E-state index < -0.39 is 5.56 Å². The zero-order valence-electron chi connectivity index (χ0n) is 12.7. The van der Waals surface area contributed by atoms with Crippen LogP contribution >= 0.6 is 34.8 Å². The SMILES string of the molecule is O=c1c(Cl)c(N/N=C/c2ccc(Cl)cc2Cl)cnn1-c1ccccc1. The molecule has 5 nitrogen and oxygen atoms in total. The summed E-state index contributed by atoms with van der Waals surface area (Å²) in [5.74, 6) is 0. The van der Waals surface area contributed by atoms with Gasteiger partial charge in [-0.2, -0.15) is 14.9 Å². The van der Waals surface area contributed by atoms with Gasteiger partial charge >= 0.3 is 0 Å². The second kappa shape index (κ2) is 7.70. The van der Waals surface area contributed by atoms with Gasteiger partial charge in [0.2, 0.25) is 0 Å². The molecule has 0 atom stereocenters. The highest BCUT2D eigenvalue weighted by Gasteiger charge is 2.10. The van der Waals surface area contributed by atoms with Gasteiger partial charge in [0.05, 0.1) is 23.1 Å². The Labute approximate surface area is 158 Å². The molecule has 126 valence electrons. The van der Waals surface area contributed by atoms with Crippen molar-refractivity contribution in [1.29, 1.82) is 0 Å². The molecule has 3 rings (SSSR count). The summed E-state index contributed by atoms with van der Waals surface area (Å²) in [4.78, 5) is 12.4. The minimum Gasteiger partial charge on any atom is -0.275 e. The summed E-state index contributed by atoms with van der Waals surface area (Å²) in [6.07, 6.45) is 2.93. The number of hydrogen-bond donors (Lipinski definition) is 1. The first-order valence-corrected chi connectivity index (χ1v) is 8.27. The van der Waals surface area contributed by atoms with Crippen molar-refractivity contribution in [3.05, 3.63) is 85.7 Å². The molecule has 0 aliphatic rings. The van der Waals surface area contributed by atoms with Crippen LogP contribution in [0.4, 0.5) is 5.69 Å². The van der Waals surface area contributed by atoms with Crippen molar-refractivity contribution in [2.45, 2.75) is 0 Å². The van der Waals surface area contributed by atoms with Crippen molar-refractivity contribution in [3.63, 3.8) is 0 Å². The third-order valence-electron chi connectivity index (χ3n) is 3.27. The third kappa shape index (κ3) is 4.02. The summed E-state index contributed by atoms with van der Waals surface area (Å²) >= 11 is 18.0. The quantitative estimate of drug-likeness (QED) is 0.519. The van der Waals surface area contributed by atoms with Crippen LogP contribution in [0.5, 0.6) is 0 Å². The molecular weight excluding hydrogens is 383 g/mol. The van der Waals surface area contributed by atoms with E-state index in [0.717, 1.165) is 0 Å². The average Bonchev–Trinajstić information content (AvgIpc) is 2.61. The van der Waals surface area contributed by atoms with E-state index in [9.17, 15) is 4.79 Å². The topological polar surface area (TPSA) is 59.3 Å². The molecular formula is C17H11Cl3N4O. The molecule has 0 spiro atoms. The van der Waals surface area contributed by atoms with Crippen LogP contribution < -0.4 is 11.0 Å². The number of nitrogens with one attached hydrogen (secondary N) is 1. The highest BCUT2D eigenvalue weighted by Crippen LogP contribution is 2.20. The summed E-state index contributed by atoms with van der Waals surface area (Å²) < 4.78 is 1.22. The average molecular weight is 394 g/mol. The van der Waals surface area contributed by atoms with Crippen LogP contribution in [-0.4, -0.2) is 16.0 Å². The minimum absolute atomic E-state index is 0.0155. The van der Waals surface area contributed by atoms with E-state index in [1.807, 2.05) is 18.2 Å². The molecule has 25 heavy (non-hydrogen) atoms. The first kappa shape index (κ1) is 17.5. The van der Waals surface area contributed by atoms with Crippen molar-refractivity contribution in [3.8, 4) is 5.69 Å². The van der Waals surface area contributed by atoms with Crippen molar-refractivity contribution < 1.29 is 0 Å². The van der Waals surface area contributed by atoms with Crippen molar-refractivity contribution in [2.24, 2.45) is 5.10 Å². The summed E-state index contributed by atoms with van der Waals surface area (Å²) in [6.45, 7) is 0. The second-order valence-electron chi connectivity index (χ2n) is 4.96. The van der Waals surface area contributed by atoms with E-state index in [0.29, 0.717) is 27.0 Å². The van der Waals surface area contributed by atoms with Gasteiger partial charge in [-0.25, -0.2) is 0 Å². The Kier molecular flexibility index (Phi) is 5.38. The molecule has 2 aromatic carbocycles. The van der Waals surface area contributed by atoms with E-state index in [-0.39, 0.29) is 5.02 Å². The normalized spacial score (nSPS) is 11.0. The Morgan fingerprint density at radius 1 is 1.08 bits per heavy atom. The highest BCUT2D eigenvalue weighted by molar-refractivity contribution is 6.36. The molecule has 0 aliphatic carbocycles.